The summed E-state index contributed by atoms with van der Waals surface area (Å²) in [6, 6.07) is 2.03. The monoisotopic (exact) mass is 225 g/mol. The maximum Gasteiger partial charge on any atom is 0.127 e. The van der Waals surface area contributed by atoms with Crippen molar-refractivity contribution in [3.8, 4) is 0 Å². The van der Waals surface area contributed by atoms with Crippen LogP contribution in [0.4, 0.5) is 0 Å². The zero-order chi connectivity index (χ0) is 11.5. The van der Waals surface area contributed by atoms with Gasteiger partial charge >= 0.3 is 0 Å². The van der Waals surface area contributed by atoms with Gasteiger partial charge in [0.25, 0.3) is 0 Å². The molecule has 2 heterocycles. The Hall–Kier alpha value is -0.990. The fourth-order valence-corrected chi connectivity index (χ4v) is 2.00. The average molecular weight is 225 g/mol. The molecule has 6 N–H and O–H groups in total. The first-order chi connectivity index (χ1) is 7.74. The van der Waals surface area contributed by atoms with Crippen molar-refractivity contribution < 1.29 is 0 Å². The summed E-state index contributed by atoms with van der Waals surface area (Å²) >= 11 is 0. The van der Waals surface area contributed by atoms with E-state index in [4.69, 9.17) is 11.7 Å². The van der Waals surface area contributed by atoms with Gasteiger partial charge in [-0.3, -0.25) is 16.4 Å². The molecule has 1 aliphatic rings. The third-order valence-electron chi connectivity index (χ3n) is 2.85. The lowest BCUT2D eigenvalue weighted by Gasteiger charge is -2.12. The van der Waals surface area contributed by atoms with E-state index in [2.05, 4.69) is 27.9 Å². The summed E-state index contributed by atoms with van der Waals surface area (Å²) in [7, 11) is 2.11. The highest BCUT2D eigenvalue weighted by Crippen LogP contribution is 2.15. The van der Waals surface area contributed by atoms with Crippen LogP contribution in [0.2, 0.25) is 0 Å². The Morgan fingerprint density at radius 1 is 1.38 bits per heavy atom. The van der Waals surface area contributed by atoms with E-state index in [0.717, 1.165) is 31.7 Å². The molecule has 16 heavy (non-hydrogen) atoms. The van der Waals surface area contributed by atoms with Crippen molar-refractivity contribution in [2.75, 3.05) is 13.6 Å². The molecular formula is C9H19N7. The van der Waals surface area contributed by atoms with Gasteiger partial charge in [-0.25, -0.2) is 10.9 Å². The van der Waals surface area contributed by atoms with Crippen molar-refractivity contribution in [1.29, 1.82) is 0 Å². The first-order valence-electron chi connectivity index (χ1n) is 5.42. The number of aryl methyl sites for hydroxylation is 1. The third kappa shape index (κ3) is 2.23. The third-order valence-corrected chi connectivity index (χ3v) is 2.85. The Morgan fingerprint density at radius 2 is 2.12 bits per heavy atom. The predicted octanol–water partition coefficient (Wildman–Crippen LogP) is -1.36. The molecule has 0 spiro atoms. The summed E-state index contributed by atoms with van der Waals surface area (Å²) in [4.78, 5) is 2.28. The van der Waals surface area contributed by atoms with Crippen LogP contribution in [0.3, 0.4) is 0 Å². The highest BCUT2D eigenvalue weighted by Gasteiger charge is 2.17. The van der Waals surface area contributed by atoms with Crippen molar-refractivity contribution in [3.05, 3.63) is 17.5 Å². The number of hydrazine groups is 2. The summed E-state index contributed by atoms with van der Waals surface area (Å²) in [6.07, 6.45) is 0.811. The summed E-state index contributed by atoms with van der Waals surface area (Å²) in [5, 5.41) is 4.49. The predicted molar refractivity (Wildman–Crippen MR) is 60.6 cm³/mol. The maximum absolute atomic E-state index is 5.38. The van der Waals surface area contributed by atoms with Crippen LogP contribution >= 0.6 is 0 Å². The summed E-state index contributed by atoms with van der Waals surface area (Å²) in [6.45, 7) is 2.96. The quantitative estimate of drug-likeness (QED) is 0.288. The highest BCUT2D eigenvalue weighted by atomic mass is 15.4. The molecule has 7 nitrogen and oxygen atoms in total. The van der Waals surface area contributed by atoms with Crippen molar-refractivity contribution in [3.63, 3.8) is 0 Å². The number of nitrogens with one attached hydrogen (secondary N) is 2. The van der Waals surface area contributed by atoms with Crippen LogP contribution in [0.1, 0.15) is 24.0 Å². The van der Waals surface area contributed by atoms with E-state index in [1.807, 2.05) is 10.7 Å². The van der Waals surface area contributed by atoms with Gasteiger partial charge in [0.15, 0.2) is 0 Å². The second-order valence-corrected chi connectivity index (χ2v) is 4.14. The Morgan fingerprint density at radius 3 is 2.81 bits per heavy atom. The number of rotatable bonds is 3. The van der Waals surface area contributed by atoms with E-state index in [9.17, 15) is 0 Å². The lowest BCUT2D eigenvalue weighted by Crippen LogP contribution is -2.42. The minimum absolute atomic E-state index is 0.301. The number of nitrogens with two attached hydrogens (primary N) is 2. The molecule has 0 bridgehead atoms. The van der Waals surface area contributed by atoms with Crippen LogP contribution in [0.25, 0.3) is 0 Å². The highest BCUT2D eigenvalue weighted by molar-refractivity contribution is 5.14. The van der Waals surface area contributed by atoms with Gasteiger partial charge in [-0.15, -0.1) is 0 Å². The van der Waals surface area contributed by atoms with Crippen molar-refractivity contribution in [2.24, 2.45) is 11.7 Å². The van der Waals surface area contributed by atoms with Gasteiger partial charge in [-0.2, -0.15) is 5.10 Å². The minimum Gasteiger partial charge on any atom is -0.300 e. The zero-order valence-corrected chi connectivity index (χ0v) is 9.48. The topological polar surface area (TPSA) is 97.2 Å². The van der Waals surface area contributed by atoms with E-state index in [1.54, 1.807) is 0 Å². The molecule has 0 unspecified atom stereocenters. The Bertz CT molecular complexity index is 344. The number of hydrogen-bond donors (Lipinski definition) is 4. The van der Waals surface area contributed by atoms with E-state index < -0.39 is 0 Å². The maximum atomic E-state index is 5.38. The van der Waals surface area contributed by atoms with E-state index in [1.165, 1.54) is 5.69 Å². The molecule has 2 rings (SSSR count). The molecule has 0 saturated carbocycles. The fraction of sp³-hybridized carbons (Fsp3) is 0.667. The molecule has 0 aromatic carbocycles. The Labute approximate surface area is 94.7 Å². The lowest BCUT2D eigenvalue weighted by molar-refractivity contribution is 0.332. The molecule has 0 fully saturated rings. The number of aromatic nitrogens is 2. The Kier molecular flexibility index (Phi) is 3.52. The summed E-state index contributed by atoms with van der Waals surface area (Å²) in [5.41, 5.74) is 7.19. The minimum atomic E-state index is -0.301. The molecule has 1 aromatic rings. The molecule has 1 aliphatic heterocycles. The Balaban J connectivity index is 2.22. The van der Waals surface area contributed by atoms with Crippen molar-refractivity contribution in [1.82, 2.24) is 25.5 Å². The van der Waals surface area contributed by atoms with Gasteiger partial charge in [0, 0.05) is 19.6 Å². The van der Waals surface area contributed by atoms with Crippen LogP contribution in [-0.4, -0.2) is 28.3 Å². The van der Waals surface area contributed by atoms with Crippen LogP contribution < -0.4 is 22.5 Å². The summed E-state index contributed by atoms with van der Waals surface area (Å²) in [5.74, 6) is 10.8. The van der Waals surface area contributed by atoms with Gasteiger partial charge in [-0.1, -0.05) is 0 Å². The molecule has 7 heteroatoms. The number of nitrogens with zero attached hydrogens (tertiary/aromatic N) is 3. The number of hydrogen-bond acceptors (Lipinski definition) is 6. The average Bonchev–Trinajstić information content (AvgIpc) is 2.55. The largest absolute Gasteiger partial charge is 0.300 e. The molecule has 0 aliphatic carbocycles. The molecule has 0 atom stereocenters. The van der Waals surface area contributed by atoms with Crippen LogP contribution in [0.5, 0.6) is 0 Å². The van der Waals surface area contributed by atoms with E-state index in [-0.39, 0.29) is 6.17 Å². The molecule has 0 amide bonds. The first-order valence-corrected chi connectivity index (χ1v) is 5.42. The van der Waals surface area contributed by atoms with Gasteiger partial charge in [-0.05, 0) is 19.5 Å². The van der Waals surface area contributed by atoms with Gasteiger partial charge < -0.3 is 4.90 Å². The van der Waals surface area contributed by atoms with Crippen molar-refractivity contribution in [2.45, 2.75) is 25.7 Å². The normalized spacial score (nSPS) is 17.5. The van der Waals surface area contributed by atoms with E-state index >= 15 is 0 Å². The first kappa shape index (κ1) is 11.5. The van der Waals surface area contributed by atoms with E-state index in [0.29, 0.717) is 0 Å². The molecule has 0 saturated heterocycles. The standard InChI is InChI=1S/C9H19N7/c1-15-3-2-4-16-7(6-15)5-8(14-16)9(12-10)13-11/h5,9,12-13H,2-4,6,10-11H2,1H3. The van der Waals surface area contributed by atoms with Crippen LogP contribution in [-0.2, 0) is 13.1 Å². The second-order valence-electron chi connectivity index (χ2n) is 4.14. The smallest absolute Gasteiger partial charge is 0.127 e. The molecule has 0 radical (unpaired) electrons. The van der Waals surface area contributed by atoms with Crippen LogP contribution in [0, 0.1) is 0 Å². The second kappa shape index (κ2) is 4.89. The molecule has 90 valence electrons. The zero-order valence-electron chi connectivity index (χ0n) is 9.48. The summed E-state index contributed by atoms with van der Waals surface area (Å²) < 4.78 is 2.03. The SMILES string of the molecule is CN1CCCn2nc(C(NN)NN)cc2C1. The number of fused-ring (bicyclic) bond motifs is 1. The van der Waals surface area contributed by atoms with Gasteiger partial charge in [0.2, 0.25) is 0 Å². The van der Waals surface area contributed by atoms with Gasteiger partial charge in [0.1, 0.15) is 6.17 Å². The molecule has 1 aromatic heterocycles. The molecular weight excluding hydrogens is 206 g/mol. The fourth-order valence-electron chi connectivity index (χ4n) is 2.00. The van der Waals surface area contributed by atoms with Crippen molar-refractivity contribution >= 4 is 0 Å². The van der Waals surface area contributed by atoms with Gasteiger partial charge in [0.05, 0.1) is 11.4 Å². The lowest BCUT2D eigenvalue weighted by atomic mass is 10.3. The van der Waals surface area contributed by atoms with Crippen LogP contribution in [0.15, 0.2) is 6.07 Å².